The van der Waals surface area contributed by atoms with Crippen LogP contribution in [0.1, 0.15) is 24.7 Å². The van der Waals surface area contributed by atoms with Crippen LogP contribution in [0.25, 0.3) is 10.8 Å². The van der Waals surface area contributed by atoms with Crippen LogP contribution in [0.15, 0.2) is 65.3 Å². The molecule has 0 saturated carbocycles. The molecule has 3 aromatic rings. The summed E-state index contributed by atoms with van der Waals surface area (Å²) in [6.07, 6.45) is 3.80. The highest BCUT2D eigenvalue weighted by atomic mass is 16.3. The summed E-state index contributed by atoms with van der Waals surface area (Å²) in [5.74, 6) is 1.06. The van der Waals surface area contributed by atoms with Crippen molar-refractivity contribution in [3.05, 3.63) is 72.2 Å². The Bertz CT molecular complexity index is 682. The molecule has 1 unspecified atom stereocenters. The monoisotopic (exact) mass is 279 g/mol. The molecule has 0 aliphatic rings. The maximum atomic E-state index is 5.38. The van der Waals surface area contributed by atoms with Crippen LogP contribution in [-0.4, -0.2) is 6.04 Å². The molecule has 21 heavy (non-hydrogen) atoms. The van der Waals surface area contributed by atoms with Gasteiger partial charge in [-0.1, -0.05) is 42.5 Å². The molecule has 0 bridgehead atoms. The fraction of sp³-hybridized carbons (Fsp3) is 0.263. The van der Waals surface area contributed by atoms with Crippen molar-refractivity contribution in [2.45, 2.75) is 32.4 Å². The van der Waals surface area contributed by atoms with Crippen molar-refractivity contribution in [3.8, 4) is 0 Å². The van der Waals surface area contributed by atoms with E-state index in [2.05, 4.69) is 54.7 Å². The molecule has 0 spiro atoms. The van der Waals surface area contributed by atoms with E-state index < -0.39 is 0 Å². The van der Waals surface area contributed by atoms with Crippen LogP contribution in [0.5, 0.6) is 0 Å². The number of hydrogen-bond donors (Lipinski definition) is 1. The maximum Gasteiger partial charge on any atom is 0.103 e. The molecule has 2 aromatic carbocycles. The van der Waals surface area contributed by atoms with Crippen molar-refractivity contribution in [2.75, 3.05) is 0 Å². The molecule has 0 fully saturated rings. The van der Waals surface area contributed by atoms with Gasteiger partial charge in [0.2, 0.25) is 0 Å². The molecular formula is C19H21NO. The molecule has 2 nitrogen and oxygen atoms in total. The van der Waals surface area contributed by atoms with Gasteiger partial charge in [0.25, 0.3) is 0 Å². The Balaban J connectivity index is 1.58. The van der Waals surface area contributed by atoms with Crippen LogP contribution in [-0.2, 0) is 13.0 Å². The lowest BCUT2D eigenvalue weighted by Crippen LogP contribution is -2.26. The van der Waals surface area contributed by atoms with Gasteiger partial charge in [-0.2, -0.15) is 0 Å². The van der Waals surface area contributed by atoms with E-state index in [4.69, 9.17) is 4.42 Å². The van der Waals surface area contributed by atoms with Crippen molar-refractivity contribution < 1.29 is 4.42 Å². The van der Waals surface area contributed by atoms with Gasteiger partial charge in [0.15, 0.2) is 0 Å². The van der Waals surface area contributed by atoms with Crippen molar-refractivity contribution in [3.63, 3.8) is 0 Å². The second kappa shape index (κ2) is 6.59. The van der Waals surface area contributed by atoms with E-state index >= 15 is 0 Å². The lowest BCUT2D eigenvalue weighted by Gasteiger charge is -2.14. The third kappa shape index (κ3) is 3.53. The van der Waals surface area contributed by atoms with Crippen LogP contribution in [0, 0.1) is 0 Å². The van der Waals surface area contributed by atoms with E-state index in [1.54, 1.807) is 6.26 Å². The van der Waals surface area contributed by atoms with Gasteiger partial charge in [-0.3, -0.25) is 0 Å². The molecule has 1 aromatic heterocycles. The number of benzene rings is 2. The first-order chi connectivity index (χ1) is 10.3. The normalized spacial score (nSPS) is 12.6. The Labute approximate surface area is 125 Å². The Morgan fingerprint density at radius 1 is 1.00 bits per heavy atom. The Morgan fingerprint density at radius 2 is 1.86 bits per heavy atom. The van der Waals surface area contributed by atoms with E-state index in [1.165, 1.54) is 16.3 Å². The SMILES string of the molecule is CC(CCc1ccco1)NCc1cccc2ccccc12. The molecular weight excluding hydrogens is 258 g/mol. The fourth-order valence-electron chi connectivity index (χ4n) is 2.65. The average molecular weight is 279 g/mol. The highest BCUT2D eigenvalue weighted by molar-refractivity contribution is 5.85. The molecule has 1 N–H and O–H groups in total. The zero-order valence-corrected chi connectivity index (χ0v) is 12.4. The average Bonchev–Trinajstić information content (AvgIpc) is 3.04. The minimum Gasteiger partial charge on any atom is -0.469 e. The predicted molar refractivity (Wildman–Crippen MR) is 87.3 cm³/mol. The van der Waals surface area contributed by atoms with Gasteiger partial charge < -0.3 is 9.73 Å². The van der Waals surface area contributed by atoms with Crippen molar-refractivity contribution >= 4 is 10.8 Å². The van der Waals surface area contributed by atoms with Crippen LogP contribution >= 0.6 is 0 Å². The highest BCUT2D eigenvalue weighted by Crippen LogP contribution is 2.18. The number of aryl methyl sites for hydroxylation is 1. The minimum absolute atomic E-state index is 0.467. The topological polar surface area (TPSA) is 25.2 Å². The summed E-state index contributed by atoms with van der Waals surface area (Å²) >= 11 is 0. The smallest absolute Gasteiger partial charge is 0.103 e. The Morgan fingerprint density at radius 3 is 2.71 bits per heavy atom. The zero-order chi connectivity index (χ0) is 14.5. The number of fused-ring (bicyclic) bond motifs is 1. The molecule has 0 amide bonds. The summed E-state index contributed by atoms with van der Waals surface area (Å²) in [5.41, 5.74) is 1.36. The molecule has 3 rings (SSSR count). The Hall–Kier alpha value is -2.06. The van der Waals surface area contributed by atoms with Crippen molar-refractivity contribution in [2.24, 2.45) is 0 Å². The number of rotatable bonds is 6. The van der Waals surface area contributed by atoms with Crippen LogP contribution in [0.2, 0.25) is 0 Å². The van der Waals surface area contributed by atoms with Gasteiger partial charge in [0, 0.05) is 19.0 Å². The second-order valence-electron chi connectivity index (χ2n) is 5.54. The molecule has 2 heteroatoms. The molecule has 0 saturated heterocycles. The third-order valence-electron chi connectivity index (χ3n) is 3.92. The van der Waals surface area contributed by atoms with Crippen molar-refractivity contribution in [1.82, 2.24) is 5.32 Å². The fourth-order valence-corrected chi connectivity index (χ4v) is 2.65. The van der Waals surface area contributed by atoms with E-state index in [1.807, 2.05) is 12.1 Å². The quantitative estimate of drug-likeness (QED) is 0.716. The van der Waals surface area contributed by atoms with Gasteiger partial charge >= 0.3 is 0 Å². The second-order valence-corrected chi connectivity index (χ2v) is 5.54. The van der Waals surface area contributed by atoms with Gasteiger partial charge in [-0.25, -0.2) is 0 Å². The zero-order valence-electron chi connectivity index (χ0n) is 12.4. The largest absolute Gasteiger partial charge is 0.469 e. The van der Waals surface area contributed by atoms with Crippen LogP contribution in [0.3, 0.4) is 0 Å². The highest BCUT2D eigenvalue weighted by Gasteiger charge is 2.05. The number of furan rings is 1. The lowest BCUT2D eigenvalue weighted by atomic mass is 10.0. The van der Waals surface area contributed by atoms with Gasteiger partial charge in [-0.05, 0) is 41.8 Å². The maximum absolute atomic E-state index is 5.38. The molecule has 0 radical (unpaired) electrons. The van der Waals surface area contributed by atoms with E-state index in [9.17, 15) is 0 Å². The first-order valence-corrected chi connectivity index (χ1v) is 7.55. The summed E-state index contributed by atoms with van der Waals surface area (Å²) < 4.78 is 5.38. The Kier molecular flexibility index (Phi) is 4.37. The summed E-state index contributed by atoms with van der Waals surface area (Å²) in [4.78, 5) is 0. The number of hydrogen-bond acceptors (Lipinski definition) is 2. The van der Waals surface area contributed by atoms with E-state index in [-0.39, 0.29) is 0 Å². The van der Waals surface area contributed by atoms with E-state index in [0.29, 0.717) is 6.04 Å². The molecule has 0 aliphatic carbocycles. The van der Waals surface area contributed by atoms with Gasteiger partial charge in [-0.15, -0.1) is 0 Å². The van der Waals surface area contributed by atoms with Crippen LogP contribution in [0.4, 0.5) is 0 Å². The van der Waals surface area contributed by atoms with E-state index in [0.717, 1.165) is 25.1 Å². The molecule has 1 heterocycles. The molecule has 0 aliphatic heterocycles. The standard InChI is InChI=1S/C19H21NO/c1-15(11-12-18-9-5-13-21-18)20-14-17-8-4-7-16-6-2-3-10-19(16)17/h2-10,13,15,20H,11-12,14H2,1H3. The molecule has 1 atom stereocenters. The summed E-state index contributed by atoms with van der Waals surface area (Å²) in [6, 6.07) is 19.5. The number of nitrogens with one attached hydrogen (secondary N) is 1. The molecule has 108 valence electrons. The minimum atomic E-state index is 0.467. The van der Waals surface area contributed by atoms with Gasteiger partial charge in [0.1, 0.15) is 5.76 Å². The van der Waals surface area contributed by atoms with Crippen molar-refractivity contribution in [1.29, 1.82) is 0 Å². The summed E-state index contributed by atoms with van der Waals surface area (Å²) in [6.45, 7) is 3.13. The third-order valence-corrected chi connectivity index (χ3v) is 3.92. The summed E-state index contributed by atoms with van der Waals surface area (Å²) in [5, 5.41) is 6.26. The first-order valence-electron chi connectivity index (χ1n) is 7.55. The summed E-state index contributed by atoms with van der Waals surface area (Å²) in [7, 11) is 0. The predicted octanol–water partition coefficient (Wildman–Crippen LogP) is 4.54. The van der Waals surface area contributed by atoms with Crippen LogP contribution < -0.4 is 5.32 Å². The van der Waals surface area contributed by atoms with Gasteiger partial charge in [0.05, 0.1) is 6.26 Å². The first kappa shape index (κ1) is 13.9. The lowest BCUT2D eigenvalue weighted by molar-refractivity contribution is 0.460.